The van der Waals surface area contributed by atoms with E-state index in [4.69, 9.17) is 0 Å². The summed E-state index contributed by atoms with van der Waals surface area (Å²) in [5.74, 6) is 0. The van der Waals surface area contributed by atoms with E-state index < -0.39 is 6.10 Å². The maximum absolute atomic E-state index is 10.3. The van der Waals surface area contributed by atoms with Gasteiger partial charge in [-0.25, -0.2) is 4.68 Å². The highest BCUT2D eigenvalue weighted by molar-refractivity contribution is 9.10. The van der Waals surface area contributed by atoms with Gasteiger partial charge in [-0.3, -0.25) is 0 Å². The van der Waals surface area contributed by atoms with Gasteiger partial charge in [-0.2, -0.15) is 5.10 Å². The van der Waals surface area contributed by atoms with Gasteiger partial charge in [-0.1, -0.05) is 18.2 Å². The predicted octanol–water partition coefficient (Wildman–Crippen LogP) is 3.97. The Hall–Kier alpha value is -1.43. The number of aliphatic hydroxyl groups is 1. The van der Waals surface area contributed by atoms with Crippen molar-refractivity contribution in [3.8, 4) is 5.69 Å². The first-order chi connectivity index (χ1) is 9.72. The number of hydrogen-bond acceptors (Lipinski definition) is 3. The first-order valence-electron chi connectivity index (χ1n) is 6.23. The largest absolute Gasteiger partial charge is 0.388 e. The van der Waals surface area contributed by atoms with Crippen molar-refractivity contribution < 1.29 is 5.11 Å². The quantitative estimate of drug-likeness (QED) is 0.774. The summed E-state index contributed by atoms with van der Waals surface area (Å²) in [5, 5.41) is 16.6. The van der Waals surface area contributed by atoms with Crippen molar-refractivity contribution in [2.45, 2.75) is 12.5 Å². The third kappa shape index (κ3) is 3.00. The number of thiophene rings is 1. The molecule has 0 saturated heterocycles. The molecule has 0 aliphatic rings. The Balaban J connectivity index is 1.76. The zero-order valence-corrected chi connectivity index (χ0v) is 13.0. The highest BCUT2D eigenvalue weighted by Crippen LogP contribution is 2.25. The molecule has 1 atom stereocenters. The number of hydrogen-bond donors (Lipinski definition) is 1. The van der Waals surface area contributed by atoms with Gasteiger partial charge in [-0.05, 0) is 34.1 Å². The number of aliphatic hydroxyl groups excluding tert-OH is 1. The fourth-order valence-electron chi connectivity index (χ4n) is 2.00. The lowest BCUT2D eigenvalue weighted by Crippen LogP contribution is -1.99. The van der Waals surface area contributed by atoms with Crippen LogP contribution in [0.4, 0.5) is 0 Å². The van der Waals surface area contributed by atoms with Crippen LogP contribution in [0.25, 0.3) is 5.69 Å². The molecule has 1 N–H and O–H groups in total. The smallest absolute Gasteiger partial charge is 0.0868 e. The van der Waals surface area contributed by atoms with E-state index >= 15 is 0 Å². The Morgan fingerprint density at radius 1 is 1.30 bits per heavy atom. The average molecular weight is 349 g/mol. The number of benzene rings is 1. The molecule has 0 fully saturated rings. The molecular formula is C15H13BrN2OS. The van der Waals surface area contributed by atoms with Gasteiger partial charge < -0.3 is 5.11 Å². The Morgan fingerprint density at radius 3 is 2.80 bits per heavy atom. The third-order valence-corrected chi connectivity index (χ3v) is 4.74. The molecule has 3 rings (SSSR count). The molecule has 0 aliphatic carbocycles. The van der Waals surface area contributed by atoms with Gasteiger partial charge >= 0.3 is 0 Å². The fraction of sp³-hybridized carbons (Fsp3) is 0.133. The molecule has 0 aliphatic heterocycles. The van der Waals surface area contributed by atoms with Crippen LogP contribution >= 0.6 is 27.3 Å². The normalized spacial score (nSPS) is 12.5. The minimum atomic E-state index is -0.530. The summed E-state index contributed by atoms with van der Waals surface area (Å²) >= 11 is 5.07. The number of para-hydroxylation sites is 1. The summed E-state index contributed by atoms with van der Waals surface area (Å²) in [5.41, 5.74) is 1.82. The molecule has 0 amide bonds. The van der Waals surface area contributed by atoms with E-state index in [1.807, 2.05) is 48.0 Å². The summed E-state index contributed by atoms with van der Waals surface area (Å²) in [4.78, 5) is 1.15. The molecule has 2 aromatic heterocycles. The zero-order chi connectivity index (χ0) is 13.9. The molecule has 2 heterocycles. The second-order valence-corrected chi connectivity index (χ2v) is 6.42. The SMILES string of the molecule is OC(Cc1cc(Br)cs1)c1cnn(-c2ccccc2)c1. The van der Waals surface area contributed by atoms with Crippen LogP contribution in [0.5, 0.6) is 0 Å². The van der Waals surface area contributed by atoms with Crippen molar-refractivity contribution in [3.63, 3.8) is 0 Å². The molecule has 1 aromatic carbocycles. The number of halogens is 1. The molecule has 3 aromatic rings. The lowest BCUT2D eigenvalue weighted by molar-refractivity contribution is 0.179. The van der Waals surface area contributed by atoms with Crippen molar-refractivity contribution >= 4 is 27.3 Å². The van der Waals surface area contributed by atoms with Crippen LogP contribution in [0.2, 0.25) is 0 Å². The van der Waals surface area contributed by atoms with E-state index in [2.05, 4.69) is 21.0 Å². The lowest BCUT2D eigenvalue weighted by atomic mass is 10.1. The van der Waals surface area contributed by atoms with Crippen LogP contribution in [0.1, 0.15) is 16.5 Å². The van der Waals surface area contributed by atoms with Crippen molar-refractivity contribution in [2.24, 2.45) is 0 Å². The molecule has 0 spiro atoms. The Kier molecular flexibility index (Phi) is 4.00. The lowest BCUT2D eigenvalue weighted by Gasteiger charge is -2.06. The topological polar surface area (TPSA) is 38.1 Å². The van der Waals surface area contributed by atoms with Crippen molar-refractivity contribution in [3.05, 3.63) is 69.1 Å². The van der Waals surface area contributed by atoms with Crippen LogP contribution in [0, 0.1) is 0 Å². The van der Waals surface area contributed by atoms with Crippen LogP contribution in [0.15, 0.2) is 58.6 Å². The van der Waals surface area contributed by atoms with Gasteiger partial charge in [0, 0.05) is 32.9 Å². The van der Waals surface area contributed by atoms with E-state index in [1.165, 1.54) is 0 Å². The minimum absolute atomic E-state index is 0.530. The van der Waals surface area contributed by atoms with E-state index in [1.54, 1.807) is 22.2 Å². The summed E-state index contributed by atoms with van der Waals surface area (Å²) in [6, 6.07) is 11.9. The van der Waals surface area contributed by atoms with Crippen LogP contribution in [-0.2, 0) is 6.42 Å². The second kappa shape index (κ2) is 5.91. The van der Waals surface area contributed by atoms with Gasteiger partial charge in [0.15, 0.2) is 0 Å². The van der Waals surface area contributed by atoms with Crippen molar-refractivity contribution in [2.75, 3.05) is 0 Å². The van der Waals surface area contributed by atoms with Crippen molar-refractivity contribution in [1.82, 2.24) is 9.78 Å². The summed E-state index contributed by atoms with van der Waals surface area (Å²) in [7, 11) is 0. The number of rotatable bonds is 4. The first-order valence-corrected chi connectivity index (χ1v) is 7.90. The maximum atomic E-state index is 10.3. The Labute approximate surface area is 129 Å². The standard InChI is InChI=1S/C15H13BrN2OS/c16-12-6-14(20-10-12)7-15(19)11-8-17-18(9-11)13-4-2-1-3-5-13/h1-6,8-10,15,19H,7H2. The molecule has 1 unspecified atom stereocenters. The highest BCUT2D eigenvalue weighted by atomic mass is 79.9. The molecule has 0 saturated carbocycles. The summed E-state index contributed by atoms with van der Waals surface area (Å²) < 4.78 is 2.84. The molecule has 0 radical (unpaired) electrons. The fourth-order valence-corrected chi connectivity index (χ4v) is 3.49. The van der Waals surface area contributed by atoms with Crippen molar-refractivity contribution in [1.29, 1.82) is 0 Å². The van der Waals surface area contributed by atoms with Gasteiger partial charge in [0.2, 0.25) is 0 Å². The molecule has 0 bridgehead atoms. The number of aromatic nitrogens is 2. The molecule has 5 heteroatoms. The van der Waals surface area contributed by atoms with Gasteiger partial charge in [0.05, 0.1) is 18.0 Å². The first kappa shape index (κ1) is 13.5. The number of nitrogens with zero attached hydrogens (tertiary/aromatic N) is 2. The van der Waals surface area contributed by atoms with Crippen LogP contribution in [0.3, 0.4) is 0 Å². The monoisotopic (exact) mass is 348 g/mol. The second-order valence-electron chi connectivity index (χ2n) is 4.50. The summed E-state index contributed by atoms with van der Waals surface area (Å²) in [6.45, 7) is 0. The zero-order valence-electron chi connectivity index (χ0n) is 10.6. The summed E-state index contributed by atoms with van der Waals surface area (Å²) in [6.07, 6.45) is 3.68. The molecule has 20 heavy (non-hydrogen) atoms. The van der Waals surface area contributed by atoms with E-state index in [-0.39, 0.29) is 0 Å². The highest BCUT2D eigenvalue weighted by Gasteiger charge is 2.12. The molecular weight excluding hydrogens is 336 g/mol. The van der Waals surface area contributed by atoms with E-state index in [0.29, 0.717) is 6.42 Å². The average Bonchev–Trinajstić information content (AvgIpc) is 3.09. The maximum Gasteiger partial charge on any atom is 0.0868 e. The van der Waals surface area contributed by atoms with E-state index in [9.17, 15) is 5.11 Å². The predicted molar refractivity (Wildman–Crippen MR) is 84.2 cm³/mol. The van der Waals surface area contributed by atoms with Crippen LogP contribution in [-0.4, -0.2) is 14.9 Å². The van der Waals surface area contributed by atoms with Gasteiger partial charge in [0.25, 0.3) is 0 Å². The Bertz CT molecular complexity index is 693. The van der Waals surface area contributed by atoms with E-state index in [0.717, 1.165) is 20.6 Å². The van der Waals surface area contributed by atoms with Gasteiger partial charge in [-0.15, -0.1) is 11.3 Å². The Morgan fingerprint density at radius 2 is 2.10 bits per heavy atom. The molecule has 102 valence electrons. The minimum Gasteiger partial charge on any atom is -0.388 e. The van der Waals surface area contributed by atoms with Crippen LogP contribution < -0.4 is 0 Å². The third-order valence-electron chi connectivity index (χ3n) is 3.02. The molecule has 3 nitrogen and oxygen atoms in total. The van der Waals surface area contributed by atoms with Gasteiger partial charge in [0.1, 0.15) is 0 Å².